The van der Waals surface area contributed by atoms with Crippen LogP contribution in [0.15, 0.2) is 18.2 Å². The second-order valence-electron chi connectivity index (χ2n) is 4.56. The monoisotopic (exact) mass is 240 g/mol. The Bertz CT molecular complexity index is 361. The summed E-state index contributed by atoms with van der Waals surface area (Å²) >= 11 is 0. The van der Waals surface area contributed by atoms with Gasteiger partial charge in [-0.3, -0.25) is 4.90 Å². The van der Waals surface area contributed by atoms with Gasteiger partial charge in [0.05, 0.1) is 0 Å². The Morgan fingerprint density at radius 2 is 1.94 bits per heavy atom. The number of nitrogens with zero attached hydrogens (tertiary/aromatic N) is 1. The van der Waals surface area contributed by atoms with Crippen molar-refractivity contribution < 1.29 is 8.78 Å². The molecule has 0 aliphatic carbocycles. The van der Waals surface area contributed by atoms with Crippen molar-refractivity contribution in [2.24, 2.45) is 5.73 Å². The third kappa shape index (κ3) is 2.82. The fourth-order valence-electron chi connectivity index (χ4n) is 2.42. The van der Waals surface area contributed by atoms with Crippen LogP contribution in [0.25, 0.3) is 0 Å². The van der Waals surface area contributed by atoms with Crippen LogP contribution in [0, 0.1) is 11.6 Å². The molecule has 1 fully saturated rings. The van der Waals surface area contributed by atoms with Crippen LogP contribution in [0.2, 0.25) is 0 Å². The van der Waals surface area contributed by atoms with E-state index in [0.29, 0.717) is 13.1 Å². The van der Waals surface area contributed by atoms with Gasteiger partial charge < -0.3 is 5.73 Å². The minimum Gasteiger partial charge on any atom is -0.329 e. The highest BCUT2D eigenvalue weighted by Crippen LogP contribution is 2.21. The molecule has 2 N–H and O–H groups in total. The summed E-state index contributed by atoms with van der Waals surface area (Å²) in [5, 5.41) is 0. The third-order valence-electron chi connectivity index (χ3n) is 3.44. The molecule has 1 saturated heterocycles. The Morgan fingerprint density at radius 3 is 2.59 bits per heavy atom. The minimum absolute atomic E-state index is 0.160. The SMILES string of the molecule is NC[C@@H]1CCCCN1Cc1c(F)cccc1F. The number of likely N-dealkylation sites (tertiary alicyclic amines) is 1. The molecule has 2 nitrogen and oxygen atoms in total. The molecule has 1 heterocycles. The number of halogens is 2. The van der Waals surface area contributed by atoms with E-state index in [-0.39, 0.29) is 11.6 Å². The van der Waals surface area contributed by atoms with E-state index < -0.39 is 11.6 Å². The highest BCUT2D eigenvalue weighted by atomic mass is 19.1. The first-order valence-corrected chi connectivity index (χ1v) is 6.09. The van der Waals surface area contributed by atoms with Gasteiger partial charge in [0, 0.05) is 24.7 Å². The van der Waals surface area contributed by atoms with Crippen molar-refractivity contribution in [3.8, 4) is 0 Å². The fraction of sp³-hybridized carbons (Fsp3) is 0.538. The second kappa shape index (κ2) is 5.56. The number of nitrogens with two attached hydrogens (primary N) is 1. The van der Waals surface area contributed by atoms with Crippen molar-refractivity contribution in [1.82, 2.24) is 4.90 Å². The average Bonchev–Trinajstić information content (AvgIpc) is 2.34. The molecular weight excluding hydrogens is 222 g/mol. The maximum Gasteiger partial charge on any atom is 0.130 e. The summed E-state index contributed by atoms with van der Waals surface area (Å²) in [4.78, 5) is 2.09. The molecule has 1 aromatic rings. The quantitative estimate of drug-likeness (QED) is 0.878. The fourth-order valence-corrected chi connectivity index (χ4v) is 2.42. The van der Waals surface area contributed by atoms with E-state index in [9.17, 15) is 8.78 Å². The van der Waals surface area contributed by atoms with Gasteiger partial charge in [0.1, 0.15) is 11.6 Å². The molecule has 0 radical (unpaired) electrons. The van der Waals surface area contributed by atoms with Gasteiger partial charge in [-0.2, -0.15) is 0 Å². The topological polar surface area (TPSA) is 29.3 Å². The Labute approximate surface area is 100 Å². The Kier molecular flexibility index (Phi) is 4.07. The van der Waals surface area contributed by atoms with E-state index in [1.165, 1.54) is 18.2 Å². The smallest absolute Gasteiger partial charge is 0.130 e. The van der Waals surface area contributed by atoms with Gasteiger partial charge in [-0.25, -0.2) is 8.78 Å². The second-order valence-corrected chi connectivity index (χ2v) is 4.56. The molecule has 1 aliphatic rings. The molecule has 94 valence electrons. The van der Waals surface area contributed by atoms with E-state index in [1.807, 2.05) is 0 Å². The van der Waals surface area contributed by atoms with Crippen LogP contribution in [-0.4, -0.2) is 24.0 Å². The van der Waals surface area contributed by atoms with Crippen LogP contribution in [0.3, 0.4) is 0 Å². The molecule has 0 aromatic heterocycles. The summed E-state index contributed by atoms with van der Waals surface area (Å²) in [5.74, 6) is -0.933. The molecule has 17 heavy (non-hydrogen) atoms. The van der Waals surface area contributed by atoms with E-state index in [0.717, 1.165) is 25.8 Å². The van der Waals surface area contributed by atoms with Crippen LogP contribution in [0.5, 0.6) is 0 Å². The van der Waals surface area contributed by atoms with Crippen LogP contribution < -0.4 is 5.73 Å². The number of rotatable bonds is 3. The molecule has 0 spiro atoms. The number of benzene rings is 1. The molecule has 0 saturated carbocycles. The number of hydrogen-bond acceptors (Lipinski definition) is 2. The normalized spacial score (nSPS) is 21.7. The van der Waals surface area contributed by atoms with Crippen molar-refractivity contribution in [1.29, 1.82) is 0 Å². The minimum atomic E-state index is -0.466. The van der Waals surface area contributed by atoms with Gasteiger partial charge in [0.2, 0.25) is 0 Å². The molecular formula is C13H18F2N2. The number of piperidine rings is 1. The zero-order valence-electron chi connectivity index (χ0n) is 9.83. The lowest BCUT2D eigenvalue weighted by Crippen LogP contribution is -2.43. The van der Waals surface area contributed by atoms with E-state index in [1.54, 1.807) is 0 Å². The van der Waals surface area contributed by atoms with Gasteiger partial charge in [-0.1, -0.05) is 12.5 Å². The lowest BCUT2D eigenvalue weighted by Gasteiger charge is -2.35. The largest absolute Gasteiger partial charge is 0.329 e. The summed E-state index contributed by atoms with van der Waals surface area (Å²) in [5.41, 5.74) is 5.85. The predicted octanol–water partition coefficient (Wildman–Crippen LogP) is 2.28. The molecule has 0 unspecified atom stereocenters. The number of hydrogen-bond donors (Lipinski definition) is 1. The van der Waals surface area contributed by atoms with E-state index in [4.69, 9.17) is 5.73 Å². The lowest BCUT2D eigenvalue weighted by atomic mass is 10.0. The standard InChI is InChI=1S/C13H18F2N2/c14-12-5-3-6-13(15)11(12)9-17-7-2-1-4-10(17)8-16/h3,5-6,10H,1-2,4,7-9,16H2/t10-/m0/s1. The first-order valence-electron chi connectivity index (χ1n) is 6.09. The summed E-state index contributed by atoms with van der Waals surface area (Å²) in [6.45, 7) is 1.74. The Morgan fingerprint density at radius 1 is 1.24 bits per heavy atom. The molecule has 1 atom stereocenters. The zero-order valence-corrected chi connectivity index (χ0v) is 9.83. The molecule has 1 aromatic carbocycles. The molecule has 4 heteroatoms. The Balaban J connectivity index is 2.13. The van der Waals surface area contributed by atoms with Crippen molar-refractivity contribution in [3.63, 3.8) is 0 Å². The Hall–Kier alpha value is -1.00. The summed E-state index contributed by atoms with van der Waals surface area (Å²) < 4.78 is 27.1. The highest BCUT2D eigenvalue weighted by molar-refractivity contribution is 5.19. The maximum atomic E-state index is 13.5. The van der Waals surface area contributed by atoms with Gasteiger partial charge in [0.15, 0.2) is 0 Å². The molecule has 1 aliphatic heterocycles. The maximum absolute atomic E-state index is 13.5. The van der Waals surface area contributed by atoms with Crippen molar-refractivity contribution in [2.75, 3.05) is 13.1 Å². The van der Waals surface area contributed by atoms with Crippen LogP contribution >= 0.6 is 0 Å². The van der Waals surface area contributed by atoms with Crippen LogP contribution in [-0.2, 0) is 6.54 Å². The van der Waals surface area contributed by atoms with Gasteiger partial charge >= 0.3 is 0 Å². The zero-order chi connectivity index (χ0) is 12.3. The average molecular weight is 240 g/mol. The lowest BCUT2D eigenvalue weighted by molar-refractivity contribution is 0.141. The molecule has 2 rings (SSSR count). The summed E-state index contributed by atoms with van der Waals surface area (Å²) in [7, 11) is 0. The van der Waals surface area contributed by atoms with Crippen LogP contribution in [0.1, 0.15) is 24.8 Å². The highest BCUT2D eigenvalue weighted by Gasteiger charge is 2.23. The predicted molar refractivity (Wildman–Crippen MR) is 63.5 cm³/mol. The van der Waals surface area contributed by atoms with Crippen LogP contribution in [0.4, 0.5) is 8.78 Å². The van der Waals surface area contributed by atoms with Gasteiger partial charge in [0.25, 0.3) is 0 Å². The van der Waals surface area contributed by atoms with E-state index in [2.05, 4.69) is 4.90 Å². The third-order valence-corrected chi connectivity index (χ3v) is 3.44. The van der Waals surface area contributed by atoms with Crippen molar-refractivity contribution in [3.05, 3.63) is 35.4 Å². The first-order chi connectivity index (χ1) is 8.22. The summed E-state index contributed by atoms with van der Waals surface area (Å²) in [6, 6.07) is 4.26. The molecule has 0 amide bonds. The van der Waals surface area contributed by atoms with E-state index >= 15 is 0 Å². The summed E-state index contributed by atoms with van der Waals surface area (Å²) in [6.07, 6.45) is 3.25. The van der Waals surface area contributed by atoms with Crippen molar-refractivity contribution >= 4 is 0 Å². The molecule has 0 bridgehead atoms. The van der Waals surface area contributed by atoms with Crippen molar-refractivity contribution in [2.45, 2.75) is 31.8 Å². The van der Waals surface area contributed by atoms with Gasteiger partial charge in [-0.05, 0) is 31.5 Å². The van der Waals surface area contributed by atoms with Gasteiger partial charge in [-0.15, -0.1) is 0 Å². The first kappa shape index (κ1) is 12.5.